The van der Waals surface area contributed by atoms with Gasteiger partial charge < -0.3 is 9.51 Å². The average molecular weight is 307 g/mol. The van der Waals surface area contributed by atoms with Gasteiger partial charge in [0.25, 0.3) is 0 Å². The van der Waals surface area contributed by atoms with E-state index < -0.39 is 5.97 Å². The molecule has 0 saturated heterocycles. The number of aromatic nitrogens is 1. The van der Waals surface area contributed by atoms with Gasteiger partial charge in [0.05, 0.1) is 6.42 Å². The highest BCUT2D eigenvalue weighted by Gasteiger charge is 2.13. The smallest absolute Gasteiger partial charge is 0.307 e. The van der Waals surface area contributed by atoms with Crippen LogP contribution in [0.4, 0.5) is 0 Å². The first-order chi connectivity index (χ1) is 10.8. The van der Waals surface area contributed by atoms with Crippen LogP contribution in [0, 0.1) is 0 Å². The number of fused-ring (bicyclic) bond motifs is 1. The first kappa shape index (κ1) is 15.3. The van der Waals surface area contributed by atoms with Crippen molar-refractivity contribution in [3.05, 3.63) is 66.0 Å². The minimum Gasteiger partial charge on any atom is -0.481 e. The van der Waals surface area contributed by atoms with Gasteiger partial charge in [-0.25, -0.2) is 0 Å². The second-order valence-electron chi connectivity index (χ2n) is 7.00. The molecule has 0 radical (unpaired) electrons. The summed E-state index contributed by atoms with van der Waals surface area (Å²) in [6.45, 7) is 6.62. The number of carbonyl (C=O) groups is 1. The van der Waals surface area contributed by atoms with Crippen LogP contribution < -0.4 is 0 Å². The van der Waals surface area contributed by atoms with Gasteiger partial charge in [-0.15, -0.1) is 0 Å². The molecular formula is C20H21NO2. The Hall–Kier alpha value is -2.55. The van der Waals surface area contributed by atoms with E-state index in [1.165, 1.54) is 5.56 Å². The quantitative estimate of drug-likeness (QED) is 0.772. The Bertz CT molecular complexity index is 851. The average Bonchev–Trinajstić information content (AvgIpc) is 2.86. The molecule has 2 aromatic heterocycles. The molecule has 3 heteroatoms. The Morgan fingerprint density at radius 1 is 1.00 bits per heavy atom. The van der Waals surface area contributed by atoms with Crippen molar-refractivity contribution in [1.29, 1.82) is 0 Å². The summed E-state index contributed by atoms with van der Waals surface area (Å²) in [7, 11) is 0. The Labute approximate surface area is 136 Å². The van der Waals surface area contributed by atoms with Crippen molar-refractivity contribution < 1.29 is 9.90 Å². The highest BCUT2D eigenvalue weighted by molar-refractivity contribution is 5.72. The van der Waals surface area contributed by atoms with E-state index in [2.05, 4.69) is 51.1 Å². The molecule has 118 valence electrons. The lowest BCUT2D eigenvalue weighted by molar-refractivity contribution is -0.136. The van der Waals surface area contributed by atoms with Gasteiger partial charge in [-0.2, -0.15) is 0 Å². The fourth-order valence-corrected chi connectivity index (χ4v) is 2.77. The predicted molar refractivity (Wildman–Crippen MR) is 92.9 cm³/mol. The highest BCUT2D eigenvalue weighted by atomic mass is 16.4. The normalized spacial score (nSPS) is 11.8. The second-order valence-corrected chi connectivity index (χ2v) is 7.00. The molecule has 0 fully saturated rings. The van der Waals surface area contributed by atoms with Crippen LogP contribution in [0.3, 0.4) is 0 Å². The summed E-state index contributed by atoms with van der Waals surface area (Å²) in [5, 5.41) is 8.91. The van der Waals surface area contributed by atoms with E-state index in [4.69, 9.17) is 5.11 Å². The fourth-order valence-electron chi connectivity index (χ4n) is 2.77. The van der Waals surface area contributed by atoms with Crippen molar-refractivity contribution in [3.63, 3.8) is 0 Å². The van der Waals surface area contributed by atoms with Crippen molar-refractivity contribution in [1.82, 2.24) is 4.40 Å². The number of hydrogen-bond acceptors (Lipinski definition) is 1. The fraction of sp³-hybridized carbons (Fsp3) is 0.250. The summed E-state index contributed by atoms with van der Waals surface area (Å²) < 4.78 is 1.99. The summed E-state index contributed by atoms with van der Waals surface area (Å²) in [5.74, 6) is -0.807. The zero-order chi connectivity index (χ0) is 16.6. The van der Waals surface area contributed by atoms with Gasteiger partial charge in [-0.05, 0) is 39.8 Å². The summed E-state index contributed by atoms with van der Waals surface area (Å²) in [5.41, 5.74) is 5.57. The minimum absolute atomic E-state index is 0.0529. The highest BCUT2D eigenvalue weighted by Crippen LogP contribution is 2.26. The molecule has 0 unspecified atom stereocenters. The number of benzene rings is 1. The molecule has 1 aromatic carbocycles. The third kappa shape index (κ3) is 3.29. The summed E-state index contributed by atoms with van der Waals surface area (Å²) in [4.78, 5) is 10.8. The Kier molecular flexibility index (Phi) is 3.72. The molecule has 2 heterocycles. The van der Waals surface area contributed by atoms with E-state index in [0.717, 1.165) is 22.2 Å². The van der Waals surface area contributed by atoms with Crippen molar-refractivity contribution in [2.24, 2.45) is 0 Å². The monoisotopic (exact) mass is 307 g/mol. The first-order valence-corrected chi connectivity index (χ1v) is 7.76. The maximum Gasteiger partial charge on any atom is 0.307 e. The van der Waals surface area contributed by atoms with Gasteiger partial charge in [0, 0.05) is 17.9 Å². The van der Waals surface area contributed by atoms with Gasteiger partial charge in [0.2, 0.25) is 0 Å². The number of nitrogens with zero attached hydrogens (tertiary/aromatic N) is 1. The Morgan fingerprint density at radius 3 is 2.26 bits per heavy atom. The molecule has 0 amide bonds. The van der Waals surface area contributed by atoms with E-state index in [1.54, 1.807) is 0 Å². The van der Waals surface area contributed by atoms with Crippen LogP contribution in [0.15, 0.2) is 54.9 Å². The summed E-state index contributed by atoms with van der Waals surface area (Å²) >= 11 is 0. The number of carboxylic acids is 1. The minimum atomic E-state index is -0.807. The number of carboxylic acid groups (broad SMARTS) is 1. The summed E-state index contributed by atoms with van der Waals surface area (Å²) in [6, 6.07) is 14.6. The maximum absolute atomic E-state index is 10.8. The van der Waals surface area contributed by atoms with E-state index in [0.29, 0.717) is 0 Å². The van der Waals surface area contributed by atoms with Gasteiger partial charge in [-0.3, -0.25) is 4.79 Å². The molecule has 3 nitrogen and oxygen atoms in total. The molecule has 1 N–H and O–H groups in total. The van der Waals surface area contributed by atoms with Crippen LogP contribution in [0.25, 0.3) is 16.6 Å². The molecule has 0 spiro atoms. The number of aliphatic carboxylic acids is 1. The van der Waals surface area contributed by atoms with Crippen LogP contribution in [0.1, 0.15) is 31.9 Å². The lowest BCUT2D eigenvalue weighted by Gasteiger charge is -2.19. The van der Waals surface area contributed by atoms with E-state index >= 15 is 0 Å². The van der Waals surface area contributed by atoms with Crippen LogP contribution in [-0.4, -0.2) is 15.5 Å². The number of pyridine rings is 1. The molecule has 23 heavy (non-hydrogen) atoms. The van der Waals surface area contributed by atoms with Crippen LogP contribution >= 0.6 is 0 Å². The predicted octanol–water partition coefficient (Wildman–Crippen LogP) is 4.53. The Balaban J connectivity index is 1.95. The third-order valence-corrected chi connectivity index (χ3v) is 4.09. The van der Waals surface area contributed by atoms with Gasteiger partial charge >= 0.3 is 5.97 Å². The van der Waals surface area contributed by atoms with Crippen LogP contribution in [-0.2, 0) is 16.6 Å². The molecule has 0 bridgehead atoms. The zero-order valence-electron chi connectivity index (χ0n) is 13.7. The Morgan fingerprint density at radius 2 is 1.65 bits per heavy atom. The second kappa shape index (κ2) is 5.58. The van der Waals surface area contributed by atoms with Crippen LogP contribution in [0.2, 0.25) is 0 Å². The van der Waals surface area contributed by atoms with Gasteiger partial charge in [0.1, 0.15) is 0 Å². The zero-order valence-corrected chi connectivity index (χ0v) is 13.7. The van der Waals surface area contributed by atoms with Gasteiger partial charge in [-0.1, -0.05) is 51.1 Å². The maximum atomic E-state index is 10.8. The third-order valence-electron chi connectivity index (χ3n) is 4.09. The van der Waals surface area contributed by atoms with E-state index in [9.17, 15) is 4.79 Å². The van der Waals surface area contributed by atoms with E-state index in [-0.39, 0.29) is 11.8 Å². The van der Waals surface area contributed by atoms with Gasteiger partial charge in [0.15, 0.2) is 0 Å². The van der Waals surface area contributed by atoms with Crippen molar-refractivity contribution in [2.45, 2.75) is 32.6 Å². The van der Waals surface area contributed by atoms with Crippen molar-refractivity contribution >= 4 is 11.5 Å². The molecule has 0 atom stereocenters. The van der Waals surface area contributed by atoms with Crippen molar-refractivity contribution in [3.8, 4) is 11.1 Å². The molecule has 0 aliphatic heterocycles. The largest absolute Gasteiger partial charge is 0.481 e. The number of rotatable bonds is 3. The topological polar surface area (TPSA) is 41.7 Å². The number of hydrogen-bond donors (Lipinski definition) is 1. The standard InChI is InChI=1S/C20H21NO2/c1-20(2,3)17-7-4-15(5-8-17)16-6-9-18-10-14(11-19(22)23)12-21(18)13-16/h4-10,12-13H,11H2,1-3H3,(H,22,23). The summed E-state index contributed by atoms with van der Waals surface area (Å²) in [6.07, 6.45) is 3.99. The lowest BCUT2D eigenvalue weighted by atomic mass is 9.86. The molecular weight excluding hydrogens is 286 g/mol. The van der Waals surface area contributed by atoms with E-state index in [1.807, 2.05) is 28.9 Å². The molecule has 0 saturated carbocycles. The molecule has 0 aliphatic carbocycles. The van der Waals surface area contributed by atoms with Crippen LogP contribution in [0.5, 0.6) is 0 Å². The molecule has 0 aliphatic rings. The lowest BCUT2D eigenvalue weighted by Crippen LogP contribution is -2.10. The van der Waals surface area contributed by atoms with Crippen molar-refractivity contribution in [2.75, 3.05) is 0 Å². The SMILES string of the molecule is CC(C)(C)c1ccc(-c2ccc3cc(CC(=O)O)cn3c2)cc1. The molecule has 3 aromatic rings. The first-order valence-electron chi connectivity index (χ1n) is 7.76. The molecule has 3 rings (SSSR count).